The van der Waals surface area contributed by atoms with Crippen LogP contribution in [0.4, 0.5) is 34.1 Å². The lowest BCUT2D eigenvalue weighted by molar-refractivity contribution is 0.993. The maximum absolute atomic E-state index is 2.58. The molecule has 11 rings (SSSR count). The number of allylic oxidation sites excluding steroid dienone is 8. The van der Waals surface area contributed by atoms with Gasteiger partial charge in [0.2, 0.25) is 0 Å². The van der Waals surface area contributed by atoms with E-state index in [2.05, 4.69) is 210 Å². The molecule has 2 aliphatic heterocycles. The molecule has 2 nitrogen and oxygen atoms in total. The standard InChI is InChI=1S/C58H49BN2/c1-5-16-42(17-6-1)34-46-24-13-26-50(38-46)60-54-28-15-29-55-58(54)59(52-32-30-48(40-56(52)60)36-44-20-9-3-10-21-44)53-33-31-49(37-45-22-11-4-12-23-45)41-57(53)61(55)51-27-14-25-47(39-51)35-43-18-7-2-8-19-43/h1,3,5-7,9-11,13-33,38-41H,2,4,8,12,34-37H2. The third kappa shape index (κ3) is 7.40. The Kier molecular flexibility index (Phi) is 9.95. The minimum absolute atomic E-state index is 0.0746. The van der Waals surface area contributed by atoms with Gasteiger partial charge < -0.3 is 9.80 Å². The van der Waals surface area contributed by atoms with Crippen LogP contribution in [0.1, 0.15) is 59.1 Å². The van der Waals surface area contributed by atoms with E-state index < -0.39 is 0 Å². The summed E-state index contributed by atoms with van der Waals surface area (Å²) in [5.74, 6) is 0. The first-order valence-electron chi connectivity index (χ1n) is 22.2. The Morgan fingerprint density at radius 3 is 1.30 bits per heavy atom. The first-order valence-corrected chi connectivity index (χ1v) is 22.2. The van der Waals surface area contributed by atoms with Crippen molar-refractivity contribution in [3.8, 4) is 0 Å². The van der Waals surface area contributed by atoms with Gasteiger partial charge in [0, 0.05) is 34.1 Å². The number of hydrogen-bond donors (Lipinski definition) is 0. The fourth-order valence-electron chi connectivity index (χ4n) is 10.1. The van der Waals surface area contributed by atoms with E-state index in [4.69, 9.17) is 0 Å². The molecule has 2 heterocycles. The van der Waals surface area contributed by atoms with Gasteiger partial charge in [-0.25, -0.2) is 0 Å². The van der Waals surface area contributed by atoms with E-state index in [0.717, 1.165) is 51.4 Å². The van der Waals surface area contributed by atoms with Gasteiger partial charge in [-0.05, 0) is 161 Å². The smallest absolute Gasteiger partial charge is 0.252 e. The van der Waals surface area contributed by atoms with Crippen molar-refractivity contribution in [3.63, 3.8) is 0 Å². The van der Waals surface area contributed by atoms with Gasteiger partial charge in [-0.1, -0.05) is 152 Å². The van der Waals surface area contributed by atoms with E-state index in [-0.39, 0.29) is 6.71 Å². The summed E-state index contributed by atoms with van der Waals surface area (Å²) in [6, 6.07) is 61.9. The molecule has 0 saturated carbocycles. The molecule has 2 aliphatic carbocycles. The summed E-state index contributed by atoms with van der Waals surface area (Å²) in [5, 5.41) is 0. The molecule has 0 unspecified atom stereocenters. The van der Waals surface area contributed by atoms with Crippen molar-refractivity contribution < 1.29 is 0 Å². The van der Waals surface area contributed by atoms with E-state index in [1.807, 2.05) is 0 Å². The van der Waals surface area contributed by atoms with Crippen LogP contribution in [-0.2, 0) is 25.7 Å². The van der Waals surface area contributed by atoms with Crippen molar-refractivity contribution >= 4 is 57.2 Å². The summed E-state index contributed by atoms with van der Waals surface area (Å²) in [6.45, 7) is 0.0746. The molecule has 4 aliphatic rings. The molecular weight excluding hydrogens is 735 g/mol. The molecule has 0 amide bonds. The SMILES string of the molecule is C1=CC(Cc2cccc(N3c4cc(CC5=CCCC=C5)ccc4B4c5ccc(Cc6ccccc6)cc5N(c5cccc(Cc6ccccc6)c5)c5cccc3c54)c2)=CCC1. The van der Waals surface area contributed by atoms with Gasteiger partial charge >= 0.3 is 0 Å². The zero-order valence-electron chi connectivity index (χ0n) is 34.7. The van der Waals surface area contributed by atoms with Gasteiger partial charge in [-0.3, -0.25) is 0 Å². The number of benzene rings is 7. The zero-order valence-corrected chi connectivity index (χ0v) is 34.7. The van der Waals surface area contributed by atoms with Crippen molar-refractivity contribution in [2.45, 2.75) is 51.4 Å². The number of nitrogens with zero attached hydrogens (tertiary/aromatic N) is 2. The summed E-state index contributed by atoms with van der Waals surface area (Å²) in [4.78, 5) is 5.14. The molecule has 0 spiro atoms. The van der Waals surface area contributed by atoms with Crippen molar-refractivity contribution in [2.75, 3.05) is 9.80 Å². The fraction of sp³-hybridized carbons (Fsp3) is 0.138. The van der Waals surface area contributed by atoms with E-state index in [0.29, 0.717) is 0 Å². The van der Waals surface area contributed by atoms with E-state index in [9.17, 15) is 0 Å². The first kappa shape index (κ1) is 37.2. The molecule has 0 saturated heterocycles. The zero-order chi connectivity index (χ0) is 40.5. The normalized spacial score (nSPS) is 14.9. The highest BCUT2D eigenvalue weighted by atomic mass is 15.2. The molecule has 3 heteroatoms. The summed E-state index contributed by atoms with van der Waals surface area (Å²) in [6.07, 6.45) is 22.3. The van der Waals surface area contributed by atoms with Gasteiger partial charge in [0.15, 0.2) is 0 Å². The Morgan fingerprint density at radius 2 is 0.803 bits per heavy atom. The summed E-state index contributed by atoms with van der Waals surface area (Å²) in [5.41, 5.74) is 22.3. The fourth-order valence-corrected chi connectivity index (χ4v) is 10.1. The van der Waals surface area contributed by atoms with E-state index in [1.54, 1.807) is 0 Å². The third-order valence-electron chi connectivity index (χ3n) is 12.9. The monoisotopic (exact) mass is 784 g/mol. The molecule has 0 bridgehead atoms. The van der Waals surface area contributed by atoms with E-state index in [1.165, 1.54) is 95.0 Å². The second-order valence-electron chi connectivity index (χ2n) is 17.1. The maximum atomic E-state index is 2.58. The van der Waals surface area contributed by atoms with Crippen LogP contribution in [-0.4, -0.2) is 6.71 Å². The predicted octanol–water partition coefficient (Wildman–Crippen LogP) is 12.6. The minimum Gasteiger partial charge on any atom is -0.311 e. The lowest BCUT2D eigenvalue weighted by Crippen LogP contribution is -2.61. The Labute approximate surface area is 361 Å². The number of fused-ring (bicyclic) bond motifs is 4. The highest BCUT2D eigenvalue weighted by Gasteiger charge is 2.43. The molecule has 61 heavy (non-hydrogen) atoms. The quantitative estimate of drug-likeness (QED) is 0.127. The Morgan fingerprint density at radius 1 is 0.361 bits per heavy atom. The minimum atomic E-state index is 0.0746. The van der Waals surface area contributed by atoms with Crippen LogP contribution in [0.2, 0.25) is 0 Å². The average molecular weight is 785 g/mol. The maximum Gasteiger partial charge on any atom is 0.252 e. The molecule has 0 radical (unpaired) electrons. The van der Waals surface area contributed by atoms with Gasteiger partial charge in [0.1, 0.15) is 0 Å². The first-order chi connectivity index (χ1) is 30.2. The Hall–Kier alpha value is -6.84. The molecule has 0 atom stereocenters. The molecule has 7 aromatic carbocycles. The van der Waals surface area contributed by atoms with Gasteiger partial charge in [0.05, 0.1) is 0 Å². The Balaban J connectivity index is 1.10. The van der Waals surface area contributed by atoms with Crippen LogP contribution >= 0.6 is 0 Å². The number of rotatable bonds is 10. The number of anilines is 6. The molecule has 294 valence electrons. The van der Waals surface area contributed by atoms with Crippen LogP contribution in [0, 0.1) is 0 Å². The largest absolute Gasteiger partial charge is 0.311 e. The third-order valence-corrected chi connectivity index (χ3v) is 12.9. The second-order valence-corrected chi connectivity index (χ2v) is 17.1. The predicted molar refractivity (Wildman–Crippen MR) is 259 cm³/mol. The van der Waals surface area contributed by atoms with Crippen molar-refractivity contribution in [1.82, 2.24) is 0 Å². The van der Waals surface area contributed by atoms with Crippen molar-refractivity contribution in [3.05, 3.63) is 245 Å². The van der Waals surface area contributed by atoms with Crippen LogP contribution in [0.5, 0.6) is 0 Å². The second kappa shape index (κ2) is 16.3. The average Bonchev–Trinajstić information content (AvgIpc) is 3.30. The van der Waals surface area contributed by atoms with Crippen LogP contribution in [0.15, 0.2) is 211 Å². The van der Waals surface area contributed by atoms with Gasteiger partial charge in [-0.15, -0.1) is 0 Å². The van der Waals surface area contributed by atoms with Crippen molar-refractivity contribution in [2.24, 2.45) is 0 Å². The van der Waals surface area contributed by atoms with Crippen LogP contribution in [0.3, 0.4) is 0 Å². The highest BCUT2D eigenvalue weighted by molar-refractivity contribution is 7.00. The molecular formula is C58H49BN2. The molecule has 7 aromatic rings. The molecule has 0 fully saturated rings. The number of hydrogen-bond acceptors (Lipinski definition) is 2. The van der Waals surface area contributed by atoms with E-state index >= 15 is 0 Å². The van der Waals surface area contributed by atoms with Crippen LogP contribution < -0.4 is 26.2 Å². The lowest BCUT2D eigenvalue weighted by Gasteiger charge is -2.44. The highest BCUT2D eigenvalue weighted by Crippen LogP contribution is 2.45. The summed E-state index contributed by atoms with van der Waals surface area (Å²) >= 11 is 0. The van der Waals surface area contributed by atoms with Crippen molar-refractivity contribution in [1.29, 1.82) is 0 Å². The van der Waals surface area contributed by atoms with Gasteiger partial charge in [0.25, 0.3) is 6.71 Å². The summed E-state index contributed by atoms with van der Waals surface area (Å²) < 4.78 is 0. The topological polar surface area (TPSA) is 6.48 Å². The molecule has 0 N–H and O–H groups in total. The summed E-state index contributed by atoms with van der Waals surface area (Å²) in [7, 11) is 0. The Bertz CT molecular complexity index is 2880. The van der Waals surface area contributed by atoms with Gasteiger partial charge in [-0.2, -0.15) is 0 Å². The lowest BCUT2D eigenvalue weighted by atomic mass is 9.33. The molecule has 0 aromatic heterocycles. The van der Waals surface area contributed by atoms with Crippen LogP contribution in [0.25, 0.3) is 0 Å².